The Morgan fingerprint density at radius 3 is 2.64 bits per heavy atom. The number of carbonyl (C=O) groups excluding carboxylic acids is 3. The van der Waals surface area contributed by atoms with Crippen molar-refractivity contribution >= 4 is 17.8 Å². The number of aryl methyl sites for hydroxylation is 1. The predicted molar refractivity (Wildman–Crippen MR) is 80.0 cm³/mol. The molecule has 0 radical (unpaired) electrons. The third kappa shape index (κ3) is 3.44. The lowest BCUT2D eigenvalue weighted by Crippen LogP contribution is -2.41. The molecule has 0 bridgehead atoms. The van der Waals surface area contributed by atoms with Gasteiger partial charge < -0.3 is 10.6 Å². The highest BCUT2D eigenvalue weighted by Gasteiger charge is 2.39. The summed E-state index contributed by atoms with van der Waals surface area (Å²) in [4.78, 5) is 36.8. The predicted octanol–water partition coefficient (Wildman–Crippen LogP) is 0.818. The molecule has 4 amide bonds. The summed E-state index contributed by atoms with van der Waals surface area (Å²) in [7, 11) is 0. The molecule has 1 aromatic rings. The fraction of sp³-hybridized carbons (Fsp3) is 0.438. The first-order valence-corrected chi connectivity index (χ1v) is 7.58. The van der Waals surface area contributed by atoms with E-state index in [1.165, 1.54) is 0 Å². The molecule has 2 N–H and O–H groups in total. The van der Waals surface area contributed by atoms with Gasteiger partial charge in [-0.1, -0.05) is 30.3 Å². The second-order valence-corrected chi connectivity index (χ2v) is 5.79. The van der Waals surface area contributed by atoms with Gasteiger partial charge in [0.15, 0.2) is 0 Å². The van der Waals surface area contributed by atoms with E-state index in [-0.39, 0.29) is 24.4 Å². The van der Waals surface area contributed by atoms with Gasteiger partial charge in [0.05, 0.1) is 0 Å². The molecule has 6 heteroatoms. The summed E-state index contributed by atoms with van der Waals surface area (Å²) in [6.07, 6.45) is 3.20. The van der Waals surface area contributed by atoms with Crippen LogP contribution in [0, 0.1) is 0 Å². The van der Waals surface area contributed by atoms with Crippen LogP contribution >= 0.6 is 0 Å². The molecule has 22 heavy (non-hydrogen) atoms. The van der Waals surface area contributed by atoms with Crippen molar-refractivity contribution < 1.29 is 14.4 Å². The molecule has 2 fully saturated rings. The van der Waals surface area contributed by atoms with Gasteiger partial charge >= 0.3 is 6.03 Å². The van der Waals surface area contributed by atoms with Crippen molar-refractivity contribution in [3.63, 3.8) is 0 Å². The average molecular weight is 301 g/mol. The van der Waals surface area contributed by atoms with Crippen LogP contribution in [0.4, 0.5) is 4.79 Å². The van der Waals surface area contributed by atoms with Gasteiger partial charge in [-0.25, -0.2) is 4.79 Å². The number of rotatable bonds is 6. The van der Waals surface area contributed by atoms with Crippen molar-refractivity contribution in [1.82, 2.24) is 15.5 Å². The molecule has 2 aliphatic rings. The summed E-state index contributed by atoms with van der Waals surface area (Å²) >= 11 is 0. The molecule has 3 rings (SSSR count). The first kappa shape index (κ1) is 14.6. The van der Waals surface area contributed by atoms with Gasteiger partial charge in [0, 0.05) is 6.04 Å². The Morgan fingerprint density at radius 1 is 1.23 bits per heavy atom. The maximum Gasteiger partial charge on any atom is 0.325 e. The number of urea groups is 1. The number of nitrogens with one attached hydrogen (secondary N) is 2. The number of imide groups is 1. The minimum atomic E-state index is -0.540. The van der Waals surface area contributed by atoms with Crippen LogP contribution in [0.1, 0.15) is 24.8 Å². The molecule has 1 aromatic carbocycles. The van der Waals surface area contributed by atoms with Crippen LogP contribution in [0.3, 0.4) is 0 Å². The number of amides is 4. The van der Waals surface area contributed by atoms with E-state index in [1.54, 1.807) is 0 Å². The first-order chi connectivity index (χ1) is 10.6. The molecular formula is C16H19N3O3. The normalized spacial score (nSPS) is 20.9. The van der Waals surface area contributed by atoms with Gasteiger partial charge in [-0.15, -0.1) is 0 Å². The highest BCUT2D eigenvalue weighted by molar-refractivity contribution is 6.06. The number of hydrogen-bond donors (Lipinski definition) is 2. The van der Waals surface area contributed by atoms with Crippen LogP contribution in [0.25, 0.3) is 0 Å². The lowest BCUT2D eigenvalue weighted by Gasteiger charge is -2.12. The summed E-state index contributed by atoms with van der Waals surface area (Å²) in [5.74, 6) is -0.582. The van der Waals surface area contributed by atoms with E-state index in [4.69, 9.17) is 0 Å². The Morgan fingerprint density at radius 2 is 1.95 bits per heavy atom. The quantitative estimate of drug-likeness (QED) is 0.764. The summed E-state index contributed by atoms with van der Waals surface area (Å²) in [6, 6.07) is 9.01. The molecule has 0 spiro atoms. The summed E-state index contributed by atoms with van der Waals surface area (Å²) < 4.78 is 0. The number of benzene rings is 1. The number of carbonyl (C=O) groups is 3. The second-order valence-electron chi connectivity index (χ2n) is 5.79. The minimum Gasteiger partial charge on any atom is -0.352 e. The topological polar surface area (TPSA) is 78.5 Å². The smallest absolute Gasteiger partial charge is 0.325 e. The van der Waals surface area contributed by atoms with Crippen molar-refractivity contribution in [2.45, 2.75) is 37.8 Å². The van der Waals surface area contributed by atoms with Crippen molar-refractivity contribution in [2.75, 3.05) is 6.54 Å². The summed E-state index contributed by atoms with van der Waals surface area (Å²) in [5.41, 5.74) is 1.12. The molecule has 1 saturated carbocycles. The summed E-state index contributed by atoms with van der Waals surface area (Å²) in [5, 5.41) is 5.44. The lowest BCUT2D eigenvalue weighted by atomic mass is 10.1. The zero-order chi connectivity index (χ0) is 15.5. The monoisotopic (exact) mass is 301 g/mol. The van der Waals surface area contributed by atoms with Gasteiger partial charge in [0.1, 0.15) is 12.6 Å². The van der Waals surface area contributed by atoms with Crippen molar-refractivity contribution in [2.24, 2.45) is 0 Å². The van der Waals surface area contributed by atoms with Crippen LogP contribution in [0.15, 0.2) is 30.3 Å². The fourth-order valence-corrected chi connectivity index (χ4v) is 2.52. The first-order valence-electron chi connectivity index (χ1n) is 7.58. The van der Waals surface area contributed by atoms with E-state index in [9.17, 15) is 14.4 Å². The van der Waals surface area contributed by atoms with E-state index in [0.29, 0.717) is 12.8 Å². The summed E-state index contributed by atoms with van der Waals surface area (Å²) in [6.45, 7) is -0.191. The highest BCUT2D eigenvalue weighted by atomic mass is 16.2. The van der Waals surface area contributed by atoms with Gasteiger partial charge in [-0.2, -0.15) is 0 Å². The van der Waals surface area contributed by atoms with Crippen molar-refractivity contribution in [3.05, 3.63) is 35.9 Å². The number of hydrogen-bond acceptors (Lipinski definition) is 3. The molecule has 116 valence electrons. The largest absolute Gasteiger partial charge is 0.352 e. The molecular weight excluding hydrogens is 282 g/mol. The Bertz CT molecular complexity index is 584. The van der Waals surface area contributed by atoms with Crippen molar-refractivity contribution in [3.8, 4) is 0 Å². The van der Waals surface area contributed by atoms with Crippen LogP contribution in [-0.4, -0.2) is 41.4 Å². The van der Waals surface area contributed by atoms with Crippen LogP contribution in [0.5, 0.6) is 0 Å². The SMILES string of the molecule is O=C(CN1C(=O)N[C@H](CCc2ccccc2)C1=O)NC1CC1. The third-order valence-corrected chi connectivity index (χ3v) is 3.92. The van der Waals surface area contributed by atoms with Gasteiger partial charge in [-0.05, 0) is 31.2 Å². The standard InChI is InChI=1S/C16H19N3O3/c20-14(17-12-7-8-12)10-19-15(21)13(18-16(19)22)9-6-11-4-2-1-3-5-11/h1-5,12-13H,6-10H2,(H,17,20)(H,18,22)/t13-/m1/s1. The van der Waals surface area contributed by atoms with Crippen LogP contribution in [0.2, 0.25) is 0 Å². The Kier molecular flexibility index (Phi) is 4.09. The Labute approximate surface area is 128 Å². The van der Waals surface area contributed by atoms with E-state index in [2.05, 4.69) is 10.6 Å². The van der Waals surface area contributed by atoms with Crippen LogP contribution < -0.4 is 10.6 Å². The molecule has 1 atom stereocenters. The second kappa shape index (κ2) is 6.17. The maximum atomic E-state index is 12.2. The minimum absolute atomic E-state index is 0.191. The van der Waals surface area contributed by atoms with Gasteiger partial charge in [-0.3, -0.25) is 14.5 Å². The molecule has 1 heterocycles. The van der Waals surface area contributed by atoms with Gasteiger partial charge in [0.2, 0.25) is 5.91 Å². The van der Waals surface area contributed by atoms with Gasteiger partial charge in [0.25, 0.3) is 5.91 Å². The van der Waals surface area contributed by atoms with E-state index >= 15 is 0 Å². The van der Waals surface area contributed by atoms with E-state index in [0.717, 1.165) is 23.3 Å². The molecule has 1 saturated heterocycles. The maximum absolute atomic E-state index is 12.2. The fourth-order valence-electron chi connectivity index (χ4n) is 2.52. The molecule has 1 aliphatic carbocycles. The van der Waals surface area contributed by atoms with E-state index in [1.807, 2.05) is 30.3 Å². The molecule has 0 aromatic heterocycles. The Hall–Kier alpha value is -2.37. The molecule has 1 aliphatic heterocycles. The zero-order valence-electron chi connectivity index (χ0n) is 12.2. The average Bonchev–Trinajstić information content (AvgIpc) is 3.28. The van der Waals surface area contributed by atoms with Crippen LogP contribution in [-0.2, 0) is 16.0 Å². The number of nitrogens with zero attached hydrogens (tertiary/aromatic N) is 1. The molecule has 6 nitrogen and oxygen atoms in total. The third-order valence-electron chi connectivity index (χ3n) is 3.92. The van der Waals surface area contributed by atoms with Crippen molar-refractivity contribution in [1.29, 1.82) is 0 Å². The lowest BCUT2D eigenvalue weighted by molar-refractivity contribution is -0.132. The zero-order valence-corrected chi connectivity index (χ0v) is 12.2. The highest BCUT2D eigenvalue weighted by Crippen LogP contribution is 2.19. The Balaban J connectivity index is 1.53. The van der Waals surface area contributed by atoms with E-state index < -0.39 is 12.1 Å². The molecule has 0 unspecified atom stereocenters.